The summed E-state index contributed by atoms with van der Waals surface area (Å²) in [6.07, 6.45) is -0.991. The molecular weight excluding hydrogens is 300 g/mol. The molecule has 0 aliphatic rings. The maximum Gasteiger partial charge on any atom is 0.348 e. The monoisotopic (exact) mass is 314 g/mol. The Morgan fingerprint density at radius 3 is 2.22 bits per heavy atom. The Kier molecular flexibility index (Phi) is 5.34. The summed E-state index contributed by atoms with van der Waals surface area (Å²) in [6.45, 7) is 3.22. The minimum Gasteiger partial charge on any atom is -0.466 e. The topological polar surface area (TPSA) is 52.6 Å². The summed E-state index contributed by atoms with van der Waals surface area (Å²) in [5.74, 6) is -1.12. The number of aryl methyl sites for hydroxylation is 1. The molecule has 0 spiro atoms. The third-order valence-electron chi connectivity index (χ3n) is 2.39. The molecule has 0 unspecified atom stereocenters. The lowest BCUT2D eigenvalue weighted by atomic mass is 10.1. The van der Waals surface area contributed by atoms with Crippen LogP contribution in [0.4, 0.5) is 0 Å². The van der Waals surface area contributed by atoms with Gasteiger partial charge in [0, 0.05) is 6.92 Å². The molecule has 18 heavy (non-hydrogen) atoms. The molecule has 0 amide bonds. The predicted octanol–water partition coefficient (Wildman–Crippen LogP) is 2.54. The van der Waals surface area contributed by atoms with Crippen molar-refractivity contribution in [2.24, 2.45) is 0 Å². The van der Waals surface area contributed by atoms with Gasteiger partial charge in [0.1, 0.15) is 0 Å². The molecule has 0 saturated carbocycles. The second-order valence-electron chi connectivity index (χ2n) is 3.87. The van der Waals surface area contributed by atoms with Gasteiger partial charge in [-0.15, -0.1) is 0 Å². The number of esters is 2. The lowest BCUT2D eigenvalue weighted by Crippen LogP contribution is -2.31. The number of hydrogen-bond donors (Lipinski definition) is 0. The van der Waals surface area contributed by atoms with Crippen LogP contribution in [-0.4, -0.2) is 25.2 Å². The van der Waals surface area contributed by atoms with E-state index in [9.17, 15) is 9.59 Å². The zero-order valence-electron chi connectivity index (χ0n) is 10.5. The van der Waals surface area contributed by atoms with Gasteiger partial charge < -0.3 is 9.47 Å². The van der Waals surface area contributed by atoms with Crippen molar-refractivity contribution in [3.63, 3.8) is 0 Å². The third kappa shape index (κ3) is 3.84. The van der Waals surface area contributed by atoms with Crippen molar-refractivity contribution in [1.82, 2.24) is 0 Å². The van der Waals surface area contributed by atoms with Crippen LogP contribution in [0.25, 0.3) is 0 Å². The van der Waals surface area contributed by atoms with Gasteiger partial charge in [0.05, 0.1) is 11.9 Å². The number of methoxy groups -OCH3 is 1. The van der Waals surface area contributed by atoms with E-state index in [2.05, 4.69) is 20.7 Å². The maximum absolute atomic E-state index is 11.6. The van der Waals surface area contributed by atoms with Crippen LogP contribution in [0.5, 0.6) is 0 Å². The molecule has 1 aromatic carbocycles. The molecule has 2 atom stereocenters. The van der Waals surface area contributed by atoms with E-state index in [4.69, 9.17) is 4.74 Å². The highest BCUT2D eigenvalue weighted by molar-refractivity contribution is 9.09. The van der Waals surface area contributed by atoms with E-state index in [1.54, 1.807) is 0 Å². The van der Waals surface area contributed by atoms with Crippen LogP contribution in [-0.2, 0) is 19.1 Å². The lowest BCUT2D eigenvalue weighted by Gasteiger charge is -2.20. The van der Waals surface area contributed by atoms with E-state index in [0.717, 1.165) is 11.1 Å². The molecule has 4 nitrogen and oxygen atoms in total. The highest BCUT2D eigenvalue weighted by atomic mass is 79.9. The first-order chi connectivity index (χ1) is 8.45. The number of alkyl halides is 1. The first-order valence-corrected chi connectivity index (χ1v) is 6.33. The molecule has 0 bridgehead atoms. The molecule has 0 aliphatic carbocycles. The highest BCUT2D eigenvalue weighted by Gasteiger charge is 2.31. The number of carbonyl (C=O) groups excluding carboxylic acids is 2. The molecular formula is C13H15BrO4. The number of halogens is 1. The van der Waals surface area contributed by atoms with Gasteiger partial charge in [-0.2, -0.15) is 0 Å². The van der Waals surface area contributed by atoms with Crippen molar-refractivity contribution in [3.05, 3.63) is 35.4 Å². The van der Waals surface area contributed by atoms with Gasteiger partial charge in [0.25, 0.3) is 0 Å². The summed E-state index contributed by atoms with van der Waals surface area (Å²) in [5, 5.41) is 0. The van der Waals surface area contributed by atoms with Crippen LogP contribution < -0.4 is 0 Å². The van der Waals surface area contributed by atoms with Crippen LogP contribution in [0.1, 0.15) is 22.9 Å². The molecule has 0 aliphatic heterocycles. The fraction of sp³-hybridized carbons (Fsp3) is 0.385. The summed E-state index contributed by atoms with van der Waals surface area (Å²) >= 11 is 3.37. The van der Waals surface area contributed by atoms with Gasteiger partial charge in [-0.3, -0.25) is 4.79 Å². The molecule has 1 aromatic rings. The Morgan fingerprint density at radius 2 is 1.78 bits per heavy atom. The van der Waals surface area contributed by atoms with Crippen LogP contribution in [0.3, 0.4) is 0 Å². The van der Waals surface area contributed by atoms with Crippen LogP contribution in [0.2, 0.25) is 0 Å². The molecule has 0 saturated heterocycles. The molecule has 0 radical (unpaired) electrons. The van der Waals surface area contributed by atoms with Crippen molar-refractivity contribution in [3.8, 4) is 0 Å². The van der Waals surface area contributed by atoms with E-state index < -0.39 is 22.9 Å². The van der Waals surface area contributed by atoms with E-state index in [0.29, 0.717) is 0 Å². The molecule has 0 aromatic heterocycles. The number of rotatable bonds is 4. The lowest BCUT2D eigenvalue weighted by molar-refractivity contribution is -0.164. The average Bonchev–Trinajstić information content (AvgIpc) is 2.35. The molecule has 1 rings (SSSR count). The largest absolute Gasteiger partial charge is 0.466 e. The zero-order valence-corrected chi connectivity index (χ0v) is 12.1. The van der Waals surface area contributed by atoms with Gasteiger partial charge in [-0.05, 0) is 12.5 Å². The van der Waals surface area contributed by atoms with Crippen LogP contribution in [0, 0.1) is 6.92 Å². The van der Waals surface area contributed by atoms with E-state index in [1.807, 2.05) is 31.2 Å². The fourth-order valence-electron chi connectivity index (χ4n) is 1.45. The van der Waals surface area contributed by atoms with E-state index in [1.165, 1.54) is 14.0 Å². The Bertz CT molecular complexity index is 427. The second kappa shape index (κ2) is 6.54. The Labute approximate surface area is 114 Å². The molecule has 98 valence electrons. The van der Waals surface area contributed by atoms with E-state index in [-0.39, 0.29) is 0 Å². The first kappa shape index (κ1) is 14.7. The Balaban J connectivity index is 2.94. The molecule has 0 fully saturated rings. The zero-order chi connectivity index (χ0) is 13.7. The number of ether oxygens (including phenoxy) is 2. The second-order valence-corrected chi connectivity index (χ2v) is 4.85. The highest BCUT2D eigenvalue weighted by Crippen LogP contribution is 2.29. The standard InChI is InChI=1S/C13H15BrO4/c1-8-4-6-10(7-5-8)11(14)12(13(16)17-3)18-9(2)15/h4-7,11-12H,1-3H3/t11-,12+/m0/s1. The normalized spacial score (nSPS) is 13.6. The minimum absolute atomic E-state index is 0.436. The number of hydrogen-bond acceptors (Lipinski definition) is 4. The van der Waals surface area contributed by atoms with Crippen LogP contribution >= 0.6 is 15.9 Å². The van der Waals surface area contributed by atoms with Crippen LogP contribution in [0.15, 0.2) is 24.3 Å². The van der Waals surface area contributed by atoms with Crippen molar-refractivity contribution in [1.29, 1.82) is 0 Å². The molecule has 0 heterocycles. The van der Waals surface area contributed by atoms with Gasteiger partial charge in [0.2, 0.25) is 6.10 Å². The summed E-state index contributed by atoms with van der Waals surface area (Å²) in [4.78, 5) is 22.2. The van der Waals surface area contributed by atoms with Crippen molar-refractivity contribution >= 4 is 27.9 Å². The molecule has 5 heteroatoms. The third-order valence-corrected chi connectivity index (χ3v) is 3.40. The van der Waals surface area contributed by atoms with Crippen molar-refractivity contribution < 1.29 is 19.1 Å². The van der Waals surface area contributed by atoms with E-state index >= 15 is 0 Å². The maximum atomic E-state index is 11.6. The predicted molar refractivity (Wildman–Crippen MR) is 70.4 cm³/mol. The smallest absolute Gasteiger partial charge is 0.348 e. The molecule has 0 N–H and O–H groups in total. The first-order valence-electron chi connectivity index (χ1n) is 5.41. The summed E-state index contributed by atoms with van der Waals surface area (Å²) in [6, 6.07) is 7.58. The van der Waals surface area contributed by atoms with Gasteiger partial charge in [-0.1, -0.05) is 45.8 Å². The van der Waals surface area contributed by atoms with Crippen molar-refractivity contribution in [2.45, 2.75) is 24.8 Å². The number of carbonyl (C=O) groups is 2. The average molecular weight is 315 g/mol. The quantitative estimate of drug-likeness (QED) is 0.633. The Hall–Kier alpha value is -1.36. The summed E-state index contributed by atoms with van der Waals surface area (Å²) in [7, 11) is 1.26. The SMILES string of the molecule is COC(=O)[C@H](OC(C)=O)[C@@H](Br)c1ccc(C)cc1. The minimum atomic E-state index is -0.991. The fourth-order valence-corrected chi connectivity index (χ4v) is 2.08. The van der Waals surface area contributed by atoms with Gasteiger partial charge in [0.15, 0.2) is 0 Å². The summed E-state index contributed by atoms with van der Waals surface area (Å²) < 4.78 is 9.62. The number of benzene rings is 1. The Morgan fingerprint density at radius 1 is 1.22 bits per heavy atom. The van der Waals surface area contributed by atoms with Gasteiger partial charge in [-0.25, -0.2) is 4.79 Å². The van der Waals surface area contributed by atoms with Crippen molar-refractivity contribution in [2.75, 3.05) is 7.11 Å². The summed E-state index contributed by atoms with van der Waals surface area (Å²) in [5.41, 5.74) is 1.96. The van der Waals surface area contributed by atoms with Gasteiger partial charge >= 0.3 is 11.9 Å².